The van der Waals surface area contributed by atoms with Gasteiger partial charge in [0.25, 0.3) is 0 Å². The van der Waals surface area contributed by atoms with Crippen molar-refractivity contribution in [1.82, 2.24) is 30.1 Å². The van der Waals surface area contributed by atoms with Crippen molar-refractivity contribution >= 4 is 79.7 Å². The van der Waals surface area contributed by atoms with Gasteiger partial charge in [0.1, 0.15) is 11.2 Å². The van der Waals surface area contributed by atoms with Gasteiger partial charge in [-0.25, -0.2) is 9.59 Å². The highest BCUT2D eigenvalue weighted by Gasteiger charge is 2.43. The Kier molecular flexibility index (Phi) is 19.9. The van der Waals surface area contributed by atoms with Crippen LogP contribution in [0.4, 0.5) is 26.7 Å². The second-order valence-corrected chi connectivity index (χ2v) is 23.8. The standard InChI is InChI=1S/C25H27N3O3.C20H19N3O.C16H21NO4.C9H8N2/c1-25(2,3)31-24(30)28-15-19(17-9-5-4-6-10-17)20(16-28)23(29)27-21-13-7-11-18-12-8-14-26-22(18)21;24-20(17-13-21-12-16(17)14-6-2-1-3-7-14)23-18-10-4-8-15-9-5-11-22-19(15)18;1-16(2,3)21-15(20)17-9-12(13(10-17)14(18)19)11-7-5-4-6-8-11;10-8-5-1-3-7-4-2-6-11-9(7)8/h4-14,19-20H,15-16H2,1-3H3,(H,27,29);1-11,16-17,21H,12-13H2,(H,23,24);4-8,12-13H,9-10H2,1-3H3,(H,18,19);1-6H,10H2/t19-,20+;16-,17+;12-,13+;/m000./s1. The number of benzene rings is 6. The van der Waals surface area contributed by atoms with Gasteiger partial charge in [-0.2, -0.15) is 0 Å². The van der Waals surface area contributed by atoms with E-state index < -0.39 is 41.2 Å². The number of fused-ring (bicyclic) bond motifs is 3. The highest BCUT2D eigenvalue weighted by atomic mass is 16.6. The number of para-hydroxylation sites is 3. The molecule has 6 heterocycles. The van der Waals surface area contributed by atoms with E-state index in [4.69, 9.17) is 15.2 Å². The number of nitrogens with two attached hydrogens (primary N) is 1. The van der Waals surface area contributed by atoms with Crippen molar-refractivity contribution in [2.45, 2.75) is 70.5 Å². The van der Waals surface area contributed by atoms with Gasteiger partial charge in [-0.3, -0.25) is 29.3 Å². The van der Waals surface area contributed by atoms with Crippen molar-refractivity contribution in [3.8, 4) is 0 Å². The summed E-state index contributed by atoms with van der Waals surface area (Å²) >= 11 is 0. The van der Waals surface area contributed by atoms with Crippen LogP contribution in [-0.4, -0.2) is 110 Å². The summed E-state index contributed by atoms with van der Waals surface area (Å²) in [6.07, 6.45) is 4.37. The van der Waals surface area contributed by atoms with E-state index >= 15 is 0 Å². The first-order valence-corrected chi connectivity index (χ1v) is 29.2. The number of likely N-dealkylation sites (tertiary alicyclic amines) is 2. The predicted molar refractivity (Wildman–Crippen MR) is 341 cm³/mol. The minimum atomic E-state index is -0.880. The molecule has 0 unspecified atom stereocenters. The zero-order chi connectivity index (χ0) is 61.7. The number of hydrogen-bond acceptors (Lipinski definition) is 12. The number of nitrogen functional groups attached to an aromatic ring is 1. The van der Waals surface area contributed by atoms with E-state index in [0.717, 1.165) is 61.8 Å². The second-order valence-electron chi connectivity index (χ2n) is 23.8. The van der Waals surface area contributed by atoms with Crippen molar-refractivity contribution in [2.24, 2.45) is 17.8 Å². The molecule has 448 valence electrons. The minimum absolute atomic E-state index is 0.0482. The van der Waals surface area contributed by atoms with Crippen LogP contribution in [0, 0.1) is 17.8 Å². The molecule has 3 aromatic heterocycles. The number of carbonyl (C=O) groups excluding carboxylic acids is 4. The van der Waals surface area contributed by atoms with Gasteiger partial charge in [0.15, 0.2) is 0 Å². The number of carbonyl (C=O) groups is 5. The fourth-order valence-corrected chi connectivity index (χ4v) is 11.1. The van der Waals surface area contributed by atoms with E-state index in [1.807, 2.05) is 191 Å². The second kappa shape index (κ2) is 28.0. The minimum Gasteiger partial charge on any atom is -0.481 e. The quantitative estimate of drug-likeness (QED) is 0.0893. The van der Waals surface area contributed by atoms with Crippen molar-refractivity contribution < 1.29 is 38.6 Å². The van der Waals surface area contributed by atoms with Gasteiger partial charge in [0.2, 0.25) is 11.8 Å². The fraction of sp³-hybridized carbons (Fsp3) is 0.286. The average molecular weight is 1170 g/mol. The molecule has 0 aliphatic carbocycles. The van der Waals surface area contributed by atoms with Crippen molar-refractivity contribution in [3.05, 3.63) is 217 Å². The van der Waals surface area contributed by atoms with E-state index in [0.29, 0.717) is 31.9 Å². The van der Waals surface area contributed by atoms with Crippen molar-refractivity contribution in [2.75, 3.05) is 55.6 Å². The summed E-state index contributed by atoms with van der Waals surface area (Å²) in [6, 6.07) is 58.5. The lowest BCUT2D eigenvalue weighted by atomic mass is 9.88. The summed E-state index contributed by atoms with van der Waals surface area (Å²) in [5.41, 5.74) is 12.3. The van der Waals surface area contributed by atoms with Crippen LogP contribution in [-0.2, 0) is 23.9 Å². The summed E-state index contributed by atoms with van der Waals surface area (Å²) in [7, 11) is 0. The molecule has 3 saturated heterocycles. The third kappa shape index (κ3) is 16.2. The lowest BCUT2D eigenvalue weighted by Gasteiger charge is -2.24. The normalized spacial score (nSPS) is 18.9. The summed E-state index contributed by atoms with van der Waals surface area (Å²) in [6.45, 7) is 13.7. The molecule has 6 atom stereocenters. The number of anilines is 3. The van der Waals surface area contributed by atoms with Crippen LogP contribution in [0.5, 0.6) is 0 Å². The van der Waals surface area contributed by atoms with Crippen LogP contribution in [0.15, 0.2) is 201 Å². The van der Waals surface area contributed by atoms with E-state index in [1.165, 1.54) is 10.5 Å². The van der Waals surface area contributed by atoms with E-state index in [-0.39, 0.29) is 42.0 Å². The number of amides is 4. The molecule has 17 nitrogen and oxygen atoms in total. The predicted octanol–water partition coefficient (Wildman–Crippen LogP) is 12.5. The number of carboxylic acids is 1. The first kappa shape index (κ1) is 61.8. The Morgan fingerprint density at radius 2 is 0.839 bits per heavy atom. The van der Waals surface area contributed by atoms with Crippen LogP contribution in [0.2, 0.25) is 0 Å². The molecule has 6 N–H and O–H groups in total. The molecule has 3 aliphatic heterocycles. The maximum atomic E-state index is 13.4. The van der Waals surface area contributed by atoms with Crippen LogP contribution in [0.3, 0.4) is 0 Å². The molecule has 0 bridgehead atoms. The van der Waals surface area contributed by atoms with Gasteiger partial charge in [-0.1, -0.05) is 146 Å². The zero-order valence-electron chi connectivity index (χ0n) is 49.9. The third-order valence-electron chi connectivity index (χ3n) is 15.3. The number of nitrogens with one attached hydrogen (secondary N) is 3. The topological polar surface area (TPSA) is 231 Å². The van der Waals surface area contributed by atoms with Gasteiger partial charge < -0.3 is 46.1 Å². The van der Waals surface area contributed by atoms with E-state index in [9.17, 15) is 29.1 Å². The van der Waals surface area contributed by atoms with Gasteiger partial charge in [0, 0.05) is 91.8 Å². The summed E-state index contributed by atoms with van der Waals surface area (Å²) < 4.78 is 10.9. The first-order valence-electron chi connectivity index (χ1n) is 29.2. The molecular weight excluding hydrogens is 1090 g/mol. The fourth-order valence-electron chi connectivity index (χ4n) is 11.1. The Labute approximate surface area is 507 Å². The smallest absolute Gasteiger partial charge is 0.410 e. The monoisotopic (exact) mass is 1170 g/mol. The van der Waals surface area contributed by atoms with E-state index in [2.05, 4.69) is 43.0 Å². The molecule has 3 fully saturated rings. The number of aromatic nitrogens is 3. The molecule has 9 aromatic rings. The number of carboxylic acid groups (broad SMARTS) is 1. The number of hydrogen-bond donors (Lipinski definition) is 5. The number of nitrogens with zero attached hydrogens (tertiary/aromatic N) is 5. The highest BCUT2D eigenvalue weighted by molar-refractivity contribution is 6.03. The molecule has 17 heteroatoms. The third-order valence-corrected chi connectivity index (χ3v) is 15.3. The van der Waals surface area contributed by atoms with Gasteiger partial charge >= 0.3 is 18.2 Å². The number of aliphatic carboxylic acids is 1. The highest BCUT2D eigenvalue weighted by Crippen LogP contribution is 2.37. The molecule has 3 aliphatic rings. The maximum absolute atomic E-state index is 13.4. The number of rotatable bonds is 8. The Morgan fingerprint density at radius 3 is 1.28 bits per heavy atom. The van der Waals surface area contributed by atoms with Crippen molar-refractivity contribution in [3.63, 3.8) is 0 Å². The van der Waals surface area contributed by atoms with Crippen LogP contribution < -0.4 is 21.7 Å². The molecule has 12 rings (SSSR count). The van der Waals surface area contributed by atoms with Gasteiger partial charge in [-0.05, 0) is 94.6 Å². The summed E-state index contributed by atoms with van der Waals surface area (Å²) in [4.78, 5) is 78.6. The first-order chi connectivity index (χ1) is 41.8. The Hall–Kier alpha value is -9.74. The lowest BCUT2D eigenvalue weighted by Crippen LogP contribution is -2.36. The zero-order valence-corrected chi connectivity index (χ0v) is 49.9. The van der Waals surface area contributed by atoms with Gasteiger partial charge in [-0.15, -0.1) is 0 Å². The molecule has 4 amide bonds. The Balaban J connectivity index is 0.000000145. The SMILES string of the molecule is CC(C)(C)OC(=O)N1C[C@@H](C(=O)Nc2cccc3cccnc23)[C@H](c2ccccc2)C1.CC(C)(C)OC(=O)N1C[C@@H](C(=O)O)[C@H](c2ccccc2)C1.Nc1cccc2cccnc12.O=C(Nc1cccc2cccnc12)[C@@H]1CNC[C@H]1c1ccccc1. The van der Waals surface area contributed by atoms with Crippen molar-refractivity contribution in [1.29, 1.82) is 0 Å². The number of ether oxygens (including phenoxy) is 2. The van der Waals surface area contributed by atoms with E-state index in [1.54, 1.807) is 44.3 Å². The lowest BCUT2D eigenvalue weighted by molar-refractivity contribution is -0.141. The Morgan fingerprint density at radius 1 is 0.460 bits per heavy atom. The molecule has 0 spiro atoms. The molecular formula is C70H75N9O8. The molecule has 6 aromatic carbocycles. The van der Waals surface area contributed by atoms with Crippen LogP contribution in [0.1, 0.15) is 76.0 Å². The van der Waals surface area contributed by atoms with Crippen LogP contribution in [0.25, 0.3) is 32.7 Å². The molecule has 0 saturated carbocycles. The molecule has 87 heavy (non-hydrogen) atoms. The molecule has 0 radical (unpaired) electrons. The number of pyridine rings is 3. The van der Waals surface area contributed by atoms with Gasteiger partial charge in [0.05, 0.1) is 51.4 Å². The summed E-state index contributed by atoms with van der Waals surface area (Å²) in [5.74, 6) is -2.14. The Bertz CT molecular complexity index is 3810. The summed E-state index contributed by atoms with van der Waals surface area (Å²) in [5, 5.41) is 22.0. The maximum Gasteiger partial charge on any atom is 0.410 e. The largest absolute Gasteiger partial charge is 0.481 e. The average Bonchev–Trinajstić information content (AvgIpc) is 2.31. The van der Waals surface area contributed by atoms with Crippen LogP contribution >= 0.6 is 0 Å².